The zero-order valence-electron chi connectivity index (χ0n) is 6.99. The van der Waals surface area contributed by atoms with Crippen molar-refractivity contribution in [3.8, 4) is 0 Å². The average molecular weight is 209 g/mol. The SMILES string of the molecule is NCC(O)(O)O.O=C(O)/C=C\C(=O)O. The second kappa shape index (κ2) is 6.97. The summed E-state index contributed by atoms with van der Waals surface area (Å²) in [5, 5.41) is 39.1. The molecule has 0 bridgehead atoms. The van der Waals surface area contributed by atoms with E-state index in [9.17, 15) is 9.59 Å². The molecule has 0 aromatic rings. The van der Waals surface area contributed by atoms with Crippen molar-refractivity contribution in [1.82, 2.24) is 0 Å². The van der Waals surface area contributed by atoms with Gasteiger partial charge in [-0.05, 0) is 0 Å². The Morgan fingerprint density at radius 1 is 1.07 bits per heavy atom. The minimum absolute atomic E-state index is 0.558. The molecule has 8 heteroatoms. The Morgan fingerprint density at radius 3 is 1.36 bits per heavy atom. The molecule has 8 nitrogen and oxygen atoms in total. The van der Waals surface area contributed by atoms with Crippen LogP contribution in [0.4, 0.5) is 0 Å². The van der Waals surface area contributed by atoms with E-state index in [1.165, 1.54) is 0 Å². The van der Waals surface area contributed by atoms with Crippen LogP contribution >= 0.6 is 0 Å². The van der Waals surface area contributed by atoms with Crippen LogP contribution in [0, 0.1) is 0 Å². The number of carbonyl (C=O) groups is 2. The summed E-state index contributed by atoms with van der Waals surface area (Å²) in [7, 11) is 0. The lowest BCUT2D eigenvalue weighted by molar-refractivity contribution is -0.302. The van der Waals surface area contributed by atoms with E-state index in [1.54, 1.807) is 0 Å². The van der Waals surface area contributed by atoms with Crippen LogP contribution in [0.15, 0.2) is 12.2 Å². The van der Waals surface area contributed by atoms with Crippen LogP contribution in [0.25, 0.3) is 0 Å². The average Bonchev–Trinajstić information content (AvgIpc) is 2.01. The van der Waals surface area contributed by atoms with Gasteiger partial charge in [-0.2, -0.15) is 0 Å². The minimum atomic E-state index is -2.68. The first kappa shape index (κ1) is 15.0. The monoisotopic (exact) mass is 209 g/mol. The maximum atomic E-state index is 9.55. The van der Waals surface area contributed by atoms with Crippen molar-refractivity contribution >= 4 is 11.9 Å². The third-order valence-electron chi connectivity index (χ3n) is 0.642. The second-order valence-electron chi connectivity index (χ2n) is 1.99. The molecular weight excluding hydrogens is 198 g/mol. The number of carboxylic acid groups (broad SMARTS) is 2. The smallest absolute Gasteiger partial charge is 0.328 e. The number of carboxylic acids is 2. The summed E-state index contributed by atoms with van der Waals surface area (Å²) in [5.41, 5.74) is 4.56. The molecule has 0 radical (unpaired) electrons. The van der Waals surface area contributed by atoms with Gasteiger partial charge in [-0.3, -0.25) is 0 Å². The van der Waals surface area contributed by atoms with Crippen molar-refractivity contribution < 1.29 is 35.1 Å². The maximum absolute atomic E-state index is 9.55. The summed E-state index contributed by atoms with van der Waals surface area (Å²) < 4.78 is 0. The third kappa shape index (κ3) is 22.4. The van der Waals surface area contributed by atoms with Crippen molar-refractivity contribution in [3.05, 3.63) is 12.2 Å². The molecule has 0 aromatic carbocycles. The predicted molar refractivity (Wildman–Crippen MR) is 42.9 cm³/mol. The van der Waals surface area contributed by atoms with Gasteiger partial charge >= 0.3 is 11.9 Å². The molecule has 0 spiro atoms. The Bertz CT molecular complexity index is 201. The molecule has 82 valence electrons. The van der Waals surface area contributed by atoms with Crippen LogP contribution < -0.4 is 5.73 Å². The molecule has 0 saturated heterocycles. The van der Waals surface area contributed by atoms with Gasteiger partial charge in [0.1, 0.15) is 0 Å². The first-order valence-corrected chi connectivity index (χ1v) is 3.20. The minimum Gasteiger partial charge on any atom is -0.478 e. The van der Waals surface area contributed by atoms with Gasteiger partial charge in [0, 0.05) is 12.2 Å². The van der Waals surface area contributed by atoms with Crippen molar-refractivity contribution in [3.63, 3.8) is 0 Å². The van der Waals surface area contributed by atoms with E-state index in [0.717, 1.165) is 0 Å². The van der Waals surface area contributed by atoms with Crippen LogP contribution in [0.2, 0.25) is 0 Å². The fourth-order valence-corrected chi connectivity index (χ4v) is 0.143. The Morgan fingerprint density at radius 2 is 1.29 bits per heavy atom. The van der Waals surface area contributed by atoms with Crippen LogP contribution in [0.5, 0.6) is 0 Å². The highest BCUT2D eigenvalue weighted by Crippen LogP contribution is 1.82. The van der Waals surface area contributed by atoms with Gasteiger partial charge < -0.3 is 31.3 Å². The van der Waals surface area contributed by atoms with E-state index < -0.39 is 24.5 Å². The van der Waals surface area contributed by atoms with E-state index in [0.29, 0.717) is 12.2 Å². The summed E-state index contributed by atoms with van der Waals surface area (Å²) in [6.07, 6.45) is 1.12. The van der Waals surface area contributed by atoms with Crippen LogP contribution in [0.1, 0.15) is 0 Å². The van der Waals surface area contributed by atoms with E-state index >= 15 is 0 Å². The number of aliphatic hydroxyl groups is 3. The largest absolute Gasteiger partial charge is 0.478 e. The molecule has 7 N–H and O–H groups in total. The molecule has 0 heterocycles. The van der Waals surface area contributed by atoms with Gasteiger partial charge in [0.15, 0.2) is 0 Å². The maximum Gasteiger partial charge on any atom is 0.328 e. The summed E-state index contributed by atoms with van der Waals surface area (Å²) >= 11 is 0. The standard InChI is InChI=1S/C4H4O4.C2H7NO3/c5-3(6)1-2-4(7)8;3-1-2(4,5)6/h1-2H,(H,5,6)(H,7,8);4-6H,1,3H2/b2-1-;. The molecule has 0 aliphatic carbocycles. The highest BCUT2D eigenvalue weighted by atomic mass is 16.7. The van der Waals surface area contributed by atoms with Gasteiger partial charge in [0.25, 0.3) is 5.97 Å². The molecule has 0 fully saturated rings. The number of hydrogen-bond donors (Lipinski definition) is 6. The molecular formula is C6H11NO7. The predicted octanol–water partition coefficient (Wildman–Crippen LogP) is -2.71. The normalized spacial score (nSPS) is 10.6. The van der Waals surface area contributed by atoms with E-state index in [4.69, 9.17) is 25.5 Å². The van der Waals surface area contributed by atoms with E-state index in [-0.39, 0.29) is 0 Å². The number of nitrogens with two attached hydrogens (primary N) is 1. The quantitative estimate of drug-likeness (QED) is 0.216. The summed E-state index contributed by atoms with van der Waals surface area (Å²) in [4.78, 5) is 19.1. The second-order valence-corrected chi connectivity index (χ2v) is 1.99. The Labute approximate surface area is 78.5 Å². The number of rotatable bonds is 3. The van der Waals surface area contributed by atoms with Gasteiger partial charge in [-0.25, -0.2) is 9.59 Å². The number of hydrogen-bond acceptors (Lipinski definition) is 6. The van der Waals surface area contributed by atoms with E-state index in [1.807, 2.05) is 0 Å². The van der Waals surface area contributed by atoms with Gasteiger partial charge in [0.2, 0.25) is 0 Å². The Hall–Kier alpha value is -1.48. The van der Waals surface area contributed by atoms with Gasteiger partial charge in [0.05, 0.1) is 6.54 Å². The Balaban J connectivity index is 0. The zero-order valence-corrected chi connectivity index (χ0v) is 6.99. The van der Waals surface area contributed by atoms with Gasteiger partial charge in [-0.15, -0.1) is 0 Å². The summed E-state index contributed by atoms with van der Waals surface area (Å²) in [6.45, 7) is -0.562. The van der Waals surface area contributed by atoms with Crippen LogP contribution in [0.3, 0.4) is 0 Å². The van der Waals surface area contributed by atoms with Gasteiger partial charge in [-0.1, -0.05) is 0 Å². The molecule has 0 aliphatic heterocycles. The number of aliphatic carboxylic acids is 2. The highest BCUT2D eigenvalue weighted by molar-refractivity contribution is 5.89. The molecule has 0 amide bonds. The molecule has 0 rings (SSSR count). The molecule has 0 aromatic heterocycles. The third-order valence-corrected chi connectivity index (χ3v) is 0.642. The van der Waals surface area contributed by atoms with Crippen molar-refractivity contribution in [2.45, 2.75) is 5.97 Å². The molecule has 0 aliphatic rings. The lowest BCUT2D eigenvalue weighted by Crippen LogP contribution is -2.36. The van der Waals surface area contributed by atoms with E-state index in [2.05, 4.69) is 5.73 Å². The van der Waals surface area contributed by atoms with Crippen molar-refractivity contribution in [2.75, 3.05) is 6.54 Å². The van der Waals surface area contributed by atoms with Crippen LogP contribution in [-0.2, 0) is 9.59 Å². The molecule has 14 heavy (non-hydrogen) atoms. The van der Waals surface area contributed by atoms with Crippen molar-refractivity contribution in [1.29, 1.82) is 0 Å². The highest BCUT2D eigenvalue weighted by Gasteiger charge is 2.12. The lowest BCUT2D eigenvalue weighted by atomic mass is 10.5. The first-order valence-electron chi connectivity index (χ1n) is 3.20. The summed E-state index contributed by atoms with van der Waals surface area (Å²) in [5.74, 6) is -5.19. The summed E-state index contributed by atoms with van der Waals surface area (Å²) in [6, 6.07) is 0. The zero-order chi connectivity index (χ0) is 11.8. The first-order chi connectivity index (χ1) is 6.19. The fourth-order valence-electron chi connectivity index (χ4n) is 0.143. The molecule has 0 unspecified atom stereocenters. The van der Waals surface area contributed by atoms with Crippen molar-refractivity contribution in [2.24, 2.45) is 5.73 Å². The lowest BCUT2D eigenvalue weighted by Gasteiger charge is -2.07. The Kier molecular flexibility index (Phi) is 7.48. The fraction of sp³-hybridized carbons (Fsp3) is 0.333. The topological polar surface area (TPSA) is 161 Å². The molecule has 0 atom stereocenters. The molecule has 0 saturated carbocycles. The van der Waals surface area contributed by atoms with Crippen LogP contribution in [-0.4, -0.2) is 50.0 Å².